The number of halogens is 1. The van der Waals surface area contributed by atoms with Crippen molar-refractivity contribution < 1.29 is 13.9 Å². The van der Waals surface area contributed by atoms with Crippen LogP contribution in [0.4, 0.5) is 15.8 Å². The Balaban J connectivity index is 1.94. The number of nitrogens with one attached hydrogen (secondary N) is 1. The van der Waals surface area contributed by atoms with Crippen molar-refractivity contribution in [3.05, 3.63) is 24.0 Å². The Morgan fingerprint density at radius 1 is 1.56 bits per heavy atom. The van der Waals surface area contributed by atoms with E-state index in [2.05, 4.69) is 5.32 Å². The molecule has 0 radical (unpaired) electrons. The van der Waals surface area contributed by atoms with Gasteiger partial charge in [0.15, 0.2) is 0 Å². The number of carbonyl (C=O) groups is 1. The minimum absolute atomic E-state index is 0.0871. The van der Waals surface area contributed by atoms with Crippen LogP contribution in [0.3, 0.4) is 0 Å². The molecule has 4 nitrogen and oxygen atoms in total. The predicted octanol–water partition coefficient (Wildman–Crippen LogP) is 2.30. The van der Waals surface area contributed by atoms with Crippen molar-refractivity contribution in [2.75, 3.05) is 11.1 Å². The molecule has 0 bridgehead atoms. The van der Waals surface area contributed by atoms with E-state index in [1.807, 2.05) is 0 Å². The van der Waals surface area contributed by atoms with E-state index in [-0.39, 0.29) is 17.7 Å². The molecule has 1 fully saturated rings. The molecule has 1 amide bonds. The fraction of sp³-hybridized carbons (Fsp3) is 0.462. The topological polar surface area (TPSA) is 64.3 Å². The van der Waals surface area contributed by atoms with Crippen LogP contribution in [0.15, 0.2) is 18.2 Å². The van der Waals surface area contributed by atoms with E-state index in [9.17, 15) is 9.18 Å². The number of anilines is 2. The Morgan fingerprint density at radius 2 is 2.28 bits per heavy atom. The molecule has 1 aromatic carbocycles. The van der Waals surface area contributed by atoms with Crippen LogP contribution in [0.5, 0.6) is 0 Å². The fourth-order valence-corrected chi connectivity index (χ4v) is 1.73. The van der Waals surface area contributed by atoms with Gasteiger partial charge in [0.2, 0.25) is 0 Å². The van der Waals surface area contributed by atoms with Crippen LogP contribution in [-0.4, -0.2) is 18.1 Å². The molecule has 1 saturated carbocycles. The van der Waals surface area contributed by atoms with Crippen molar-refractivity contribution >= 4 is 17.3 Å². The number of carbonyl (C=O) groups excluding carboxylic acids is 1. The van der Waals surface area contributed by atoms with Crippen LogP contribution < -0.4 is 11.1 Å². The van der Waals surface area contributed by atoms with Crippen molar-refractivity contribution in [2.45, 2.75) is 38.4 Å². The molecular weight excluding hydrogens is 235 g/mol. The Hall–Kier alpha value is -1.62. The van der Waals surface area contributed by atoms with Crippen LogP contribution in [0.25, 0.3) is 0 Å². The van der Waals surface area contributed by atoms with Crippen LogP contribution in [0.1, 0.15) is 26.2 Å². The fourth-order valence-electron chi connectivity index (χ4n) is 1.73. The third-order valence-electron chi connectivity index (χ3n) is 3.07. The van der Waals surface area contributed by atoms with E-state index in [1.165, 1.54) is 18.2 Å². The van der Waals surface area contributed by atoms with Gasteiger partial charge in [0.1, 0.15) is 11.9 Å². The second kappa shape index (κ2) is 5.35. The molecular formula is C13H17FN2O2. The monoisotopic (exact) mass is 252 g/mol. The number of hydrogen-bond donors (Lipinski definition) is 2. The number of ether oxygens (including phenoxy) is 1. The maximum absolute atomic E-state index is 13.4. The highest BCUT2D eigenvalue weighted by Crippen LogP contribution is 2.24. The summed E-state index contributed by atoms with van der Waals surface area (Å²) in [5, 5.41) is 2.49. The standard InChI is InChI=1S/C13H17FN2O2/c1-8(18-10-3-2-4-10)13(17)16-12-7-9(15)5-6-11(12)14/h5-8,10H,2-4,15H2,1H3,(H,16,17). The lowest BCUT2D eigenvalue weighted by molar-refractivity contribution is -0.133. The average molecular weight is 252 g/mol. The maximum atomic E-state index is 13.4. The Kier molecular flexibility index (Phi) is 3.81. The molecule has 0 aliphatic heterocycles. The van der Waals surface area contributed by atoms with Gasteiger partial charge < -0.3 is 15.8 Å². The SMILES string of the molecule is CC(OC1CCC1)C(=O)Nc1cc(N)ccc1F. The normalized spacial score (nSPS) is 17.0. The third kappa shape index (κ3) is 2.98. The van der Waals surface area contributed by atoms with Crippen LogP contribution >= 0.6 is 0 Å². The van der Waals surface area contributed by atoms with Gasteiger partial charge >= 0.3 is 0 Å². The van der Waals surface area contributed by atoms with E-state index >= 15 is 0 Å². The van der Waals surface area contributed by atoms with Crippen molar-refractivity contribution in [2.24, 2.45) is 0 Å². The van der Waals surface area contributed by atoms with Gasteiger partial charge in [0.05, 0.1) is 11.8 Å². The van der Waals surface area contributed by atoms with E-state index < -0.39 is 11.9 Å². The summed E-state index contributed by atoms with van der Waals surface area (Å²) in [5.74, 6) is -0.861. The molecule has 0 saturated heterocycles. The van der Waals surface area contributed by atoms with E-state index in [1.54, 1.807) is 6.92 Å². The summed E-state index contributed by atoms with van der Waals surface area (Å²) >= 11 is 0. The van der Waals surface area contributed by atoms with Gasteiger partial charge in [-0.3, -0.25) is 4.79 Å². The molecule has 0 heterocycles. The maximum Gasteiger partial charge on any atom is 0.253 e. The summed E-state index contributed by atoms with van der Waals surface area (Å²) in [6.45, 7) is 1.66. The first-order valence-corrected chi connectivity index (χ1v) is 6.07. The lowest BCUT2D eigenvalue weighted by atomic mass is 9.96. The van der Waals surface area contributed by atoms with Gasteiger partial charge in [-0.25, -0.2) is 4.39 Å². The highest BCUT2D eigenvalue weighted by Gasteiger charge is 2.24. The molecule has 0 spiro atoms. The highest BCUT2D eigenvalue weighted by atomic mass is 19.1. The minimum Gasteiger partial charge on any atom is -0.399 e. The first-order chi connectivity index (χ1) is 8.56. The quantitative estimate of drug-likeness (QED) is 0.808. The summed E-state index contributed by atoms with van der Waals surface area (Å²) in [6, 6.07) is 4.06. The number of rotatable bonds is 4. The first kappa shape index (κ1) is 12.8. The number of amides is 1. The number of benzene rings is 1. The largest absolute Gasteiger partial charge is 0.399 e. The third-order valence-corrected chi connectivity index (χ3v) is 3.07. The summed E-state index contributed by atoms with van der Waals surface area (Å²) in [6.07, 6.45) is 2.70. The average Bonchev–Trinajstić information content (AvgIpc) is 2.28. The second-order valence-electron chi connectivity index (χ2n) is 4.56. The molecule has 1 aliphatic carbocycles. The molecule has 5 heteroatoms. The number of hydrogen-bond acceptors (Lipinski definition) is 3. The number of nitrogen functional groups attached to an aromatic ring is 1. The zero-order valence-corrected chi connectivity index (χ0v) is 10.3. The summed E-state index contributed by atoms with van der Waals surface area (Å²) in [7, 11) is 0. The lowest BCUT2D eigenvalue weighted by Gasteiger charge is -2.28. The first-order valence-electron chi connectivity index (χ1n) is 6.07. The zero-order valence-electron chi connectivity index (χ0n) is 10.3. The van der Waals surface area contributed by atoms with E-state index in [0.29, 0.717) is 5.69 Å². The van der Waals surface area contributed by atoms with Gasteiger partial charge in [-0.05, 0) is 44.4 Å². The van der Waals surface area contributed by atoms with Crippen LogP contribution in [-0.2, 0) is 9.53 Å². The Morgan fingerprint density at radius 3 is 2.89 bits per heavy atom. The van der Waals surface area contributed by atoms with Crippen molar-refractivity contribution in [1.82, 2.24) is 0 Å². The Bertz CT molecular complexity index is 447. The summed E-state index contributed by atoms with van der Waals surface area (Å²) in [4.78, 5) is 11.8. The summed E-state index contributed by atoms with van der Waals surface area (Å²) < 4.78 is 18.9. The molecule has 2 rings (SSSR count). The Labute approximate surface area is 105 Å². The molecule has 1 atom stereocenters. The second-order valence-corrected chi connectivity index (χ2v) is 4.56. The smallest absolute Gasteiger partial charge is 0.253 e. The molecule has 1 unspecified atom stereocenters. The minimum atomic E-state index is -0.587. The van der Waals surface area contributed by atoms with Crippen LogP contribution in [0.2, 0.25) is 0 Å². The predicted molar refractivity (Wildman–Crippen MR) is 67.6 cm³/mol. The molecule has 3 N–H and O–H groups in total. The molecule has 18 heavy (non-hydrogen) atoms. The van der Waals surface area contributed by atoms with E-state index in [0.717, 1.165) is 19.3 Å². The van der Waals surface area contributed by atoms with E-state index in [4.69, 9.17) is 10.5 Å². The highest BCUT2D eigenvalue weighted by molar-refractivity contribution is 5.94. The van der Waals surface area contributed by atoms with Gasteiger partial charge in [-0.1, -0.05) is 0 Å². The van der Waals surface area contributed by atoms with Gasteiger partial charge in [-0.2, -0.15) is 0 Å². The molecule has 98 valence electrons. The number of nitrogens with two attached hydrogens (primary N) is 1. The van der Waals surface area contributed by atoms with Gasteiger partial charge in [0, 0.05) is 5.69 Å². The van der Waals surface area contributed by atoms with Crippen molar-refractivity contribution in [1.29, 1.82) is 0 Å². The van der Waals surface area contributed by atoms with Crippen molar-refractivity contribution in [3.63, 3.8) is 0 Å². The van der Waals surface area contributed by atoms with Crippen molar-refractivity contribution in [3.8, 4) is 0 Å². The summed E-state index contributed by atoms with van der Waals surface area (Å²) in [5.41, 5.74) is 6.03. The molecule has 1 aromatic rings. The molecule has 1 aliphatic rings. The van der Waals surface area contributed by atoms with Gasteiger partial charge in [-0.15, -0.1) is 0 Å². The van der Waals surface area contributed by atoms with Crippen LogP contribution in [0, 0.1) is 5.82 Å². The lowest BCUT2D eigenvalue weighted by Crippen LogP contribution is -2.34. The zero-order chi connectivity index (χ0) is 13.1. The molecule has 0 aromatic heterocycles. The van der Waals surface area contributed by atoms with Gasteiger partial charge in [0.25, 0.3) is 5.91 Å².